The molecule has 120 valence electrons. The molecular formula is C16H12N4O2S2. The van der Waals surface area contributed by atoms with Crippen LogP contribution in [0.1, 0.15) is 12.0 Å². The summed E-state index contributed by atoms with van der Waals surface area (Å²) in [7, 11) is 0. The van der Waals surface area contributed by atoms with Crippen LogP contribution in [0.25, 0.3) is 10.8 Å². The van der Waals surface area contributed by atoms with Gasteiger partial charge >= 0.3 is 0 Å². The molecule has 0 atom stereocenters. The summed E-state index contributed by atoms with van der Waals surface area (Å²) in [5.41, 5.74) is 0.962. The highest BCUT2D eigenvalue weighted by molar-refractivity contribution is 7.99. The number of benzene rings is 1. The van der Waals surface area contributed by atoms with Crippen LogP contribution in [0.3, 0.4) is 0 Å². The van der Waals surface area contributed by atoms with Crippen LogP contribution in [0.5, 0.6) is 0 Å². The van der Waals surface area contributed by atoms with Gasteiger partial charge in [0, 0.05) is 12.2 Å². The molecule has 0 fully saturated rings. The van der Waals surface area contributed by atoms with Crippen molar-refractivity contribution in [3.8, 4) is 16.8 Å². The average molecular weight is 356 g/mol. The number of thioether (sulfide) groups is 1. The first kappa shape index (κ1) is 16.2. The number of para-hydroxylation sites is 1. The van der Waals surface area contributed by atoms with E-state index in [2.05, 4.69) is 15.5 Å². The van der Waals surface area contributed by atoms with E-state index in [1.807, 2.05) is 23.6 Å². The number of hydrogen-bond donors (Lipinski definition) is 1. The summed E-state index contributed by atoms with van der Waals surface area (Å²) in [6.07, 6.45) is 0.279. The van der Waals surface area contributed by atoms with E-state index >= 15 is 0 Å². The predicted molar refractivity (Wildman–Crippen MR) is 92.7 cm³/mol. The van der Waals surface area contributed by atoms with Crippen LogP contribution >= 0.6 is 23.1 Å². The third kappa shape index (κ3) is 4.01. The van der Waals surface area contributed by atoms with Crippen LogP contribution in [-0.4, -0.2) is 21.9 Å². The van der Waals surface area contributed by atoms with E-state index in [0.717, 1.165) is 4.88 Å². The molecule has 6 nitrogen and oxygen atoms in total. The molecule has 0 bridgehead atoms. The third-order valence-corrected chi connectivity index (χ3v) is 4.69. The number of anilines is 1. The van der Waals surface area contributed by atoms with Gasteiger partial charge < -0.3 is 9.73 Å². The summed E-state index contributed by atoms with van der Waals surface area (Å²) in [6.45, 7) is 0. The van der Waals surface area contributed by atoms with Gasteiger partial charge in [0.25, 0.3) is 11.1 Å². The minimum absolute atomic E-state index is 0.164. The Morgan fingerprint density at radius 3 is 2.96 bits per heavy atom. The van der Waals surface area contributed by atoms with Gasteiger partial charge in [-0.2, -0.15) is 5.26 Å². The lowest BCUT2D eigenvalue weighted by molar-refractivity contribution is -0.115. The first-order valence-electron chi connectivity index (χ1n) is 7.05. The third-order valence-electron chi connectivity index (χ3n) is 3.01. The number of amides is 1. The normalized spacial score (nSPS) is 10.3. The van der Waals surface area contributed by atoms with Crippen LogP contribution in [0.2, 0.25) is 0 Å². The number of rotatable bonds is 6. The van der Waals surface area contributed by atoms with Crippen molar-refractivity contribution in [3.05, 3.63) is 47.3 Å². The van der Waals surface area contributed by atoms with Crippen molar-refractivity contribution in [2.75, 3.05) is 11.1 Å². The van der Waals surface area contributed by atoms with Gasteiger partial charge in [-0.05, 0) is 23.6 Å². The van der Waals surface area contributed by atoms with Crippen molar-refractivity contribution in [1.82, 2.24) is 10.2 Å². The van der Waals surface area contributed by atoms with Gasteiger partial charge in [-0.3, -0.25) is 4.79 Å². The van der Waals surface area contributed by atoms with E-state index in [9.17, 15) is 4.79 Å². The molecule has 0 aliphatic rings. The first-order valence-corrected chi connectivity index (χ1v) is 8.92. The maximum atomic E-state index is 12.0. The monoisotopic (exact) mass is 356 g/mol. The highest BCUT2D eigenvalue weighted by Gasteiger charge is 2.11. The molecule has 24 heavy (non-hydrogen) atoms. The zero-order valence-corrected chi connectivity index (χ0v) is 14.1. The van der Waals surface area contributed by atoms with Crippen molar-refractivity contribution in [1.29, 1.82) is 5.26 Å². The Morgan fingerprint density at radius 2 is 2.17 bits per heavy atom. The zero-order valence-electron chi connectivity index (χ0n) is 12.4. The van der Waals surface area contributed by atoms with E-state index in [0.29, 0.717) is 28.1 Å². The summed E-state index contributed by atoms with van der Waals surface area (Å²) in [6, 6.07) is 12.8. The van der Waals surface area contributed by atoms with E-state index in [1.165, 1.54) is 23.1 Å². The average Bonchev–Trinajstić information content (AvgIpc) is 3.26. The molecule has 8 heteroatoms. The minimum Gasteiger partial charge on any atom is -0.410 e. The number of aromatic nitrogens is 2. The lowest BCUT2D eigenvalue weighted by atomic mass is 10.2. The number of carbonyl (C=O) groups is 1. The molecule has 0 unspecified atom stereocenters. The molecule has 2 heterocycles. The molecule has 0 aliphatic heterocycles. The molecule has 1 N–H and O–H groups in total. The second-order valence-electron chi connectivity index (χ2n) is 4.65. The number of hydrogen-bond acceptors (Lipinski definition) is 7. The zero-order chi connectivity index (χ0) is 16.8. The van der Waals surface area contributed by atoms with Gasteiger partial charge in [-0.15, -0.1) is 21.5 Å². The number of carbonyl (C=O) groups excluding carboxylic acids is 1. The molecule has 2 aromatic heterocycles. The summed E-state index contributed by atoms with van der Waals surface area (Å²) >= 11 is 2.85. The van der Waals surface area contributed by atoms with Crippen LogP contribution in [0.15, 0.2) is 51.4 Å². The quantitative estimate of drug-likeness (QED) is 0.676. The van der Waals surface area contributed by atoms with E-state index in [-0.39, 0.29) is 12.3 Å². The highest BCUT2D eigenvalue weighted by Crippen LogP contribution is 2.26. The maximum absolute atomic E-state index is 12.0. The van der Waals surface area contributed by atoms with Crippen molar-refractivity contribution in [3.63, 3.8) is 0 Å². The van der Waals surface area contributed by atoms with E-state index in [4.69, 9.17) is 9.68 Å². The molecule has 1 aromatic carbocycles. The van der Waals surface area contributed by atoms with Gasteiger partial charge in [0.1, 0.15) is 6.07 Å². The Bertz CT molecular complexity index is 868. The van der Waals surface area contributed by atoms with Gasteiger partial charge in [0.2, 0.25) is 5.91 Å². The summed E-state index contributed by atoms with van der Waals surface area (Å²) in [5, 5.41) is 22.1. The van der Waals surface area contributed by atoms with Gasteiger partial charge in [0.05, 0.1) is 16.1 Å². The fourth-order valence-corrected chi connectivity index (χ4v) is 3.24. The lowest BCUT2D eigenvalue weighted by Crippen LogP contribution is -2.13. The second kappa shape index (κ2) is 7.77. The number of nitrogens with zero attached hydrogens (tertiary/aromatic N) is 3. The molecular weight excluding hydrogens is 344 g/mol. The van der Waals surface area contributed by atoms with Crippen LogP contribution in [-0.2, 0) is 4.79 Å². The predicted octanol–water partition coefficient (Wildman–Crippen LogP) is 3.79. The molecule has 0 radical (unpaired) electrons. The molecule has 3 rings (SSSR count). The van der Waals surface area contributed by atoms with Crippen molar-refractivity contribution >= 4 is 34.7 Å². The lowest BCUT2D eigenvalue weighted by Gasteiger charge is -2.05. The molecule has 3 aromatic rings. The second-order valence-corrected chi connectivity index (χ2v) is 6.65. The van der Waals surface area contributed by atoms with Gasteiger partial charge in [0.15, 0.2) is 0 Å². The molecule has 0 spiro atoms. The number of thiophene rings is 1. The molecule has 0 saturated heterocycles. The summed E-state index contributed by atoms with van der Waals surface area (Å²) in [4.78, 5) is 12.9. The fourth-order valence-electron chi connectivity index (χ4n) is 1.90. The largest absolute Gasteiger partial charge is 0.410 e. The van der Waals surface area contributed by atoms with Crippen molar-refractivity contribution in [2.45, 2.75) is 11.6 Å². The maximum Gasteiger partial charge on any atom is 0.276 e. The van der Waals surface area contributed by atoms with Crippen molar-refractivity contribution in [2.24, 2.45) is 0 Å². The van der Waals surface area contributed by atoms with Gasteiger partial charge in [-0.25, -0.2) is 0 Å². The minimum atomic E-state index is -0.164. The standard InChI is InChI=1S/C16H12N4O2S2/c17-10-11-4-1-2-5-12(11)18-14(21)7-9-24-16-20-19-15(22-16)13-6-3-8-23-13/h1-6,8H,7,9H2,(H,18,21). The SMILES string of the molecule is N#Cc1ccccc1NC(=O)CCSc1nnc(-c2cccs2)o1. The first-order chi connectivity index (χ1) is 11.8. The Balaban J connectivity index is 1.50. The van der Waals surface area contributed by atoms with Crippen LogP contribution in [0.4, 0.5) is 5.69 Å². The fraction of sp³-hybridized carbons (Fsp3) is 0.125. The Hall–Kier alpha value is -2.63. The summed E-state index contributed by atoms with van der Waals surface area (Å²) in [5.74, 6) is 0.829. The Kier molecular flexibility index (Phi) is 5.25. The summed E-state index contributed by atoms with van der Waals surface area (Å²) < 4.78 is 5.54. The van der Waals surface area contributed by atoms with Crippen LogP contribution in [0, 0.1) is 11.3 Å². The van der Waals surface area contributed by atoms with E-state index in [1.54, 1.807) is 24.3 Å². The Labute approximate surface area is 146 Å². The molecule has 0 saturated carbocycles. The Morgan fingerprint density at radius 1 is 1.29 bits per heavy atom. The smallest absolute Gasteiger partial charge is 0.276 e. The number of nitriles is 1. The van der Waals surface area contributed by atoms with E-state index < -0.39 is 0 Å². The highest BCUT2D eigenvalue weighted by atomic mass is 32.2. The molecule has 0 aliphatic carbocycles. The van der Waals surface area contributed by atoms with Crippen LogP contribution < -0.4 is 5.32 Å². The van der Waals surface area contributed by atoms with Crippen molar-refractivity contribution < 1.29 is 9.21 Å². The molecule has 1 amide bonds. The topological polar surface area (TPSA) is 91.8 Å². The van der Waals surface area contributed by atoms with Gasteiger partial charge in [-0.1, -0.05) is 30.0 Å². The number of nitrogens with one attached hydrogen (secondary N) is 1.